The molecule has 7 heteroatoms. The first-order valence-corrected chi connectivity index (χ1v) is 8.86. The number of carboxylic acids is 1. The Bertz CT molecular complexity index is 968. The second kappa shape index (κ2) is 8.77. The highest BCUT2D eigenvalue weighted by Gasteiger charge is 2.29. The first kappa shape index (κ1) is 20.4. The van der Waals surface area contributed by atoms with Crippen molar-refractivity contribution in [1.82, 2.24) is 4.98 Å². The van der Waals surface area contributed by atoms with E-state index in [0.717, 1.165) is 23.3 Å². The number of hydrogen-bond acceptors (Lipinski definition) is 3. The van der Waals surface area contributed by atoms with Gasteiger partial charge in [-0.25, -0.2) is 4.79 Å². The first-order valence-electron chi connectivity index (χ1n) is 8.86. The normalized spacial score (nSPS) is 11.3. The average molecular weight is 401 g/mol. The molecular formula is C22H18F3NO3. The molecule has 150 valence electrons. The minimum absolute atomic E-state index is 0.162. The summed E-state index contributed by atoms with van der Waals surface area (Å²) in [6.07, 6.45) is -0.0212. The van der Waals surface area contributed by atoms with Crippen LogP contribution in [0, 0.1) is 0 Å². The second-order valence-electron chi connectivity index (χ2n) is 6.51. The van der Waals surface area contributed by atoms with Gasteiger partial charge in [0.05, 0.1) is 11.1 Å². The SMILES string of the molecule is O=C(O)c1cncc(CCc2ccc(OCc3ccc(C(F)(F)F)cc3)cc2)c1. The number of carbonyl (C=O) groups is 1. The van der Waals surface area contributed by atoms with Crippen molar-refractivity contribution in [2.45, 2.75) is 25.6 Å². The van der Waals surface area contributed by atoms with Gasteiger partial charge in [0.15, 0.2) is 0 Å². The third-order valence-electron chi connectivity index (χ3n) is 4.35. The molecule has 1 heterocycles. The van der Waals surface area contributed by atoms with Crippen LogP contribution in [0.5, 0.6) is 5.75 Å². The molecule has 0 spiro atoms. The predicted octanol–water partition coefficient (Wildman–Crippen LogP) is 5.16. The highest BCUT2D eigenvalue weighted by atomic mass is 19.4. The van der Waals surface area contributed by atoms with Gasteiger partial charge in [-0.05, 0) is 59.9 Å². The number of alkyl halides is 3. The zero-order chi connectivity index (χ0) is 20.9. The minimum atomic E-state index is -4.35. The predicted molar refractivity (Wildman–Crippen MR) is 101 cm³/mol. The van der Waals surface area contributed by atoms with Gasteiger partial charge in [0.1, 0.15) is 12.4 Å². The monoisotopic (exact) mass is 401 g/mol. The van der Waals surface area contributed by atoms with Gasteiger partial charge in [-0.15, -0.1) is 0 Å². The van der Waals surface area contributed by atoms with Gasteiger partial charge in [0.25, 0.3) is 0 Å². The summed E-state index contributed by atoms with van der Waals surface area (Å²) < 4.78 is 43.3. The van der Waals surface area contributed by atoms with Gasteiger partial charge < -0.3 is 9.84 Å². The van der Waals surface area contributed by atoms with Gasteiger partial charge in [-0.3, -0.25) is 4.98 Å². The maximum absolute atomic E-state index is 12.6. The van der Waals surface area contributed by atoms with Crippen LogP contribution in [0.4, 0.5) is 13.2 Å². The maximum atomic E-state index is 12.6. The Labute approximate surface area is 165 Å². The summed E-state index contributed by atoms with van der Waals surface area (Å²) in [5.41, 5.74) is 2.01. The van der Waals surface area contributed by atoms with E-state index in [4.69, 9.17) is 9.84 Å². The summed E-state index contributed by atoms with van der Waals surface area (Å²) in [5, 5.41) is 9.00. The van der Waals surface area contributed by atoms with Crippen LogP contribution < -0.4 is 4.74 Å². The molecule has 2 aromatic carbocycles. The summed E-state index contributed by atoms with van der Waals surface area (Å²) in [7, 11) is 0. The van der Waals surface area contributed by atoms with Crippen LogP contribution in [0.15, 0.2) is 67.0 Å². The molecular weight excluding hydrogens is 383 g/mol. The van der Waals surface area contributed by atoms with Crippen LogP contribution in [-0.4, -0.2) is 16.1 Å². The van der Waals surface area contributed by atoms with Gasteiger partial charge in [0.2, 0.25) is 0 Å². The quantitative estimate of drug-likeness (QED) is 0.594. The molecule has 0 aliphatic carbocycles. The Morgan fingerprint density at radius 1 is 0.897 bits per heavy atom. The Kier molecular flexibility index (Phi) is 6.16. The van der Waals surface area contributed by atoms with Gasteiger partial charge >= 0.3 is 12.1 Å². The number of hydrogen-bond donors (Lipinski definition) is 1. The lowest BCUT2D eigenvalue weighted by molar-refractivity contribution is -0.137. The first-order chi connectivity index (χ1) is 13.8. The number of aromatic carboxylic acids is 1. The van der Waals surface area contributed by atoms with Crippen LogP contribution in [-0.2, 0) is 25.6 Å². The summed E-state index contributed by atoms with van der Waals surface area (Å²) in [6.45, 7) is 0.172. The van der Waals surface area contributed by atoms with Crippen LogP contribution >= 0.6 is 0 Å². The lowest BCUT2D eigenvalue weighted by atomic mass is 10.0. The molecule has 0 unspecified atom stereocenters. The van der Waals surface area contributed by atoms with Crippen LogP contribution in [0.25, 0.3) is 0 Å². The molecule has 0 bridgehead atoms. The van der Waals surface area contributed by atoms with E-state index in [2.05, 4.69) is 4.98 Å². The Balaban J connectivity index is 1.52. The highest BCUT2D eigenvalue weighted by molar-refractivity contribution is 5.87. The number of benzene rings is 2. The van der Waals surface area contributed by atoms with Crippen molar-refractivity contribution in [3.63, 3.8) is 0 Å². The van der Waals surface area contributed by atoms with E-state index in [1.54, 1.807) is 24.4 Å². The van der Waals surface area contributed by atoms with Crippen molar-refractivity contribution in [3.05, 3.63) is 94.8 Å². The van der Waals surface area contributed by atoms with Crippen molar-refractivity contribution < 1.29 is 27.8 Å². The molecule has 1 N–H and O–H groups in total. The van der Waals surface area contributed by atoms with Crippen LogP contribution in [0.3, 0.4) is 0 Å². The number of nitrogens with zero attached hydrogens (tertiary/aromatic N) is 1. The summed E-state index contributed by atoms with van der Waals surface area (Å²) in [5.74, 6) is -0.392. The molecule has 0 saturated heterocycles. The number of aromatic nitrogens is 1. The number of aryl methyl sites for hydroxylation is 2. The molecule has 0 atom stereocenters. The van der Waals surface area contributed by atoms with E-state index >= 15 is 0 Å². The number of rotatable bonds is 7. The van der Waals surface area contributed by atoms with Crippen molar-refractivity contribution in [2.75, 3.05) is 0 Å². The van der Waals surface area contributed by atoms with E-state index in [0.29, 0.717) is 24.2 Å². The molecule has 0 saturated carbocycles. The maximum Gasteiger partial charge on any atom is 0.416 e. The fourth-order valence-electron chi connectivity index (χ4n) is 2.74. The molecule has 0 aliphatic heterocycles. The smallest absolute Gasteiger partial charge is 0.416 e. The summed E-state index contributed by atoms with van der Waals surface area (Å²) in [4.78, 5) is 14.9. The number of carboxylic acid groups (broad SMARTS) is 1. The average Bonchev–Trinajstić information content (AvgIpc) is 2.71. The van der Waals surface area contributed by atoms with Crippen molar-refractivity contribution >= 4 is 5.97 Å². The second-order valence-corrected chi connectivity index (χ2v) is 6.51. The zero-order valence-corrected chi connectivity index (χ0v) is 15.3. The molecule has 0 amide bonds. The van der Waals surface area contributed by atoms with Crippen LogP contribution in [0.2, 0.25) is 0 Å². The number of halogens is 3. The summed E-state index contributed by atoms with van der Waals surface area (Å²) >= 11 is 0. The zero-order valence-electron chi connectivity index (χ0n) is 15.3. The molecule has 1 aromatic heterocycles. The topological polar surface area (TPSA) is 59.4 Å². The number of pyridine rings is 1. The van der Waals surface area contributed by atoms with E-state index in [9.17, 15) is 18.0 Å². The highest BCUT2D eigenvalue weighted by Crippen LogP contribution is 2.29. The third-order valence-corrected chi connectivity index (χ3v) is 4.35. The largest absolute Gasteiger partial charge is 0.489 e. The van der Waals surface area contributed by atoms with Gasteiger partial charge in [0, 0.05) is 12.4 Å². The molecule has 0 radical (unpaired) electrons. The molecule has 3 aromatic rings. The van der Waals surface area contributed by atoms with E-state index in [1.165, 1.54) is 18.3 Å². The summed E-state index contributed by atoms with van der Waals surface area (Å²) in [6, 6.07) is 13.9. The molecule has 4 nitrogen and oxygen atoms in total. The molecule has 0 aliphatic rings. The fourth-order valence-corrected chi connectivity index (χ4v) is 2.74. The lowest BCUT2D eigenvalue weighted by Crippen LogP contribution is -2.05. The van der Waals surface area contributed by atoms with Crippen LogP contribution in [0.1, 0.15) is 32.6 Å². The third kappa shape index (κ3) is 5.81. The standard InChI is InChI=1S/C22H18F3NO3/c23-22(24,25)19-7-3-16(4-8-19)14-29-20-9-5-15(6-10-20)1-2-17-11-18(21(27)28)13-26-12-17/h3-13H,1-2,14H2,(H,27,28). The van der Waals surface area contributed by atoms with Gasteiger partial charge in [-0.1, -0.05) is 24.3 Å². The Hall–Kier alpha value is -3.35. The lowest BCUT2D eigenvalue weighted by Gasteiger charge is -2.10. The van der Waals surface area contributed by atoms with Crippen molar-refractivity contribution in [3.8, 4) is 5.75 Å². The van der Waals surface area contributed by atoms with E-state index < -0.39 is 17.7 Å². The van der Waals surface area contributed by atoms with Crippen molar-refractivity contribution in [2.24, 2.45) is 0 Å². The Morgan fingerprint density at radius 2 is 1.52 bits per heavy atom. The molecule has 3 rings (SSSR count). The molecule has 0 fully saturated rings. The minimum Gasteiger partial charge on any atom is -0.489 e. The van der Waals surface area contributed by atoms with Crippen molar-refractivity contribution in [1.29, 1.82) is 0 Å². The number of ether oxygens (including phenoxy) is 1. The van der Waals surface area contributed by atoms with Gasteiger partial charge in [-0.2, -0.15) is 13.2 Å². The molecule has 29 heavy (non-hydrogen) atoms. The fraction of sp³-hybridized carbons (Fsp3) is 0.182. The van der Waals surface area contributed by atoms with E-state index in [-0.39, 0.29) is 12.2 Å². The van der Waals surface area contributed by atoms with E-state index in [1.807, 2.05) is 12.1 Å². The Morgan fingerprint density at radius 3 is 2.14 bits per heavy atom.